The van der Waals surface area contributed by atoms with Crippen molar-refractivity contribution in [1.82, 2.24) is 4.31 Å². The third kappa shape index (κ3) is 3.62. The molecule has 1 saturated carbocycles. The van der Waals surface area contributed by atoms with E-state index in [2.05, 4.69) is 10.6 Å². The lowest BCUT2D eigenvalue weighted by Crippen LogP contribution is -2.43. The number of aromatic hydroxyl groups is 1. The highest BCUT2D eigenvalue weighted by atomic mass is 35.5. The van der Waals surface area contributed by atoms with E-state index in [0.717, 1.165) is 36.4 Å². The van der Waals surface area contributed by atoms with E-state index in [4.69, 9.17) is 11.6 Å². The summed E-state index contributed by atoms with van der Waals surface area (Å²) in [5, 5.41) is 16.4. The molecule has 0 radical (unpaired) electrons. The van der Waals surface area contributed by atoms with E-state index in [1.165, 1.54) is 26.2 Å². The molecule has 2 aromatic rings. The van der Waals surface area contributed by atoms with Gasteiger partial charge in [-0.05, 0) is 31.4 Å². The molecule has 0 bridgehead atoms. The molecule has 8 nitrogen and oxygen atoms in total. The molecular formula is C19H24ClN3O5S. The van der Waals surface area contributed by atoms with Crippen molar-refractivity contribution in [3.63, 3.8) is 0 Å². The molecule has 3 rings (SSSR count). The highest BCUT2D eigenvalue weighted by Crippen LogP contribution is 2.41. The molecule has 1 aliphatic carbocycles. The van der Waals surface area contributed by atoms with Crippen molar-refractivity contribution in [1.29, 1.82) is 0 Å². The van der Waals surface area contributed by atoms with Crippen LogP contribution in [0.3, 0.4) is 0 Å². The van der Waals surface area contributed by atoms with E-state index in [1.807, 2.05) is 6.92 Å². The molecule has 3 N–H and O–H groups in total. The molecule has 158 valence electrons. The van der Waals surface area contributed by atoms with Gasteiger partial charge in [0.2, 0.25) is 10.0 Å². The number of rotatable bonds is 7. The molecule has 0 heterocycles. The molecule has 0 atom stereocenters. The van der Waals surface area contributed by atoms with Gasteiger partial charge in [0.15, 0.2) is 5.75 Å². The van der Waals surface area contributed by atoms with Crippen LogP contribution in [-0.4, -0.2) is 37.5 Å². The summed E-state index contributed by atoms with van der Waals surface area (Å²) in [7, 11) is -1.40. The maximum absolute atomic E-state index is 12.5. The molecule has 1 aliphatic rings. The van der Waals surface area contributed by atoms with Gasteiger partial charge in [-0.25, -0.2) is 12.7 Å². The molecule has 1 fully saturated rings. The van der Waals surface area contributed by atoms with E-state index in [1.54, 1.807) is 0 Å². The van der Waals surface area contributed by atoms with Crippen LogP contribution in [0.4, 0.5) is 17.1 Å². The molecule has 0 spiro atoms. The molecule has 2 aromatic carbocycles. The Morgan fingerprint density at radius 1 is 1.14 bits per heavy atom. The first kappa shape index (κ1) is 21.6. The summed E-state index contributed by atoms with van der Waals surface area (Å²) >= 11 is 6.01. The van der Waals surface area contributed by atoms with Crippen LogP contribution >= 0.6 is 11.6 Å². The topological polar surface area (TPSA) is 116 Å². The summed E-state index contributed by atoms with van der Waals surface area (Å²) < 4.78 is 25.9. The lowest BCUT2D eigenvalue weighted by atomic mass is 9.93. The highest BCUT2D eigenvalue weighted by Gasteiger charge is 2.36. The van der Waals surface area contributed by atoms with Gasteiger partial charge in [0.25, 0.3) is 10.9 Å². The SMILES string of the molecule is CCC1(Nc2c(Nc3ccc(Cl)c(S(=O)(=O)N(C)C)c3O)c(=O)c2=O)CCCC1. The van der Waals surface area contributed by atoms with Crippen molar-refractivity contribution in [3.05, 3.63) is 37.6 Å². The molecule has 0 aliphatic heterocycles. The van der Waals surface area contributed by atoms with Crippen molar-refractivity contribution in [3.8, 4) is 5.75 Å². The normalized spacial score (nSPS) is 16.4. The van der Waals surface area contributed by atoms with Gasteiger partial charge < -0.3 is 15.7 Å². The average Bonchev–Trinajstić information content (AvgIpc) is 3.14. The maximum atomic E-state index is 12.5. The number of phenolic OH excluding ortho intramolecular Hbond substituents is 1. The molecule has 10 heteroatoms. The number of hydrogen-bond donors (Lipinski definition) is 3. The Kier molecular flexibility index (Phi) is 5.68. The van der Waals surface area contributed by atoms with Gasteiger partial charge in [-0.15, -0.1) is 0 Å². The van der Waals surface area contributed by atoms with Crippen molar-refractivity contribution in [2.75, 3.05) is 24.7 Å². The molecule has 0 aromatic heterocycles. The van der Waals surface area contributed by atoms with Crippen LogP contribution in [0.5, 0.6) is 5.75 Å². The molecule has 29 heavy (non-hydrogen) atoms. The highest BCUT2D eigenvalue weighted by molar-refractivity contribution is 7.89. The standard InChI is InChI=1S/C19H24ClN3O5S/c1-4-19(9-5-6-10-19)22-14-13(16(25)17(14)26)21-12-8-7-11(20)18(15(12)24)29(27,28)23(2)3/h7-8,21-22,24H,4-6,9-10H2,1-3H3. The van der Waals surface area contributed by atoms with Gasteiger partial charge in [0.1, 0.15) is 16.3 Å². The quantitative estimate of drug-likeness (QED) is 0.447. The van der Waals surface area contributed by atoms with Gasteiger partial charge in [-0.3, -0.25) is 9.59 Å². The van der Waals surface area contributed by atoms with Gasteiger partial charge >= 0.3 is 0 Å². The zero-order valence-corrected chi connectivity index (χ0v) is 18.1. The number of halogens is 1. The minimum atomic E-state index is -4.03. The zero-order chi connectivity index (χ0) is 21.6. The second kappa shape index (κ2) is 7.62. The molecule has 0 amide bonds. The maximum Gasteiger partial charge on any atom is 0.253 e. The van der Waals surface area contributed by atoms with Crippen LogP contribution in [0.2, 0.25) is 5.02 Å². The summed E-state index contributed by atoms with van der Waals surface area (Å²) in [6.45, 7) is 2.03. The Balaban J connectivity index is 2.00. The van der Waals surface area contributed by atoms with Crippen LogP contribution in [0.25, 0.3) is 0 Å². The van der Waals surface area contributed by atoms with E-state index in [-0.39, 0.29) is 27.6 Å². The number of benzene rings is 1. The fourth-order valence-electron chi connectivity index (χ4n) is 3.72. The lowest BCUT2D eigenvalue weighted by Gasteiger charge is -2.31. The summed E-state index contributed by atoms with van der Waals surface area (Å²) in [5.41, 5.74) is -1.42. The van der Waals surface area contributed by atoms with Crippen molar-refractivity contribution in [2.45, 2.75) is 49.5 Å². The average molecular weight is 442 g/mol. The number of sulfonamides is 1. The van der Waals surface area contributed by atoms with Crippen LogP contribution in [-0.2, 0) is 10.0 Å². The van der Waals surface area contributed by atoms with Gasteiger partial charge in [0, 0.05) is 19.6 Å². The molecular weight excluding hydrogens is 418 g/mol. The summed E-state index contributed by atoms with van der Waals surface area (Å²) in [4.78, 5) is 23.9. The number of hydrogen-bond acceptors (Lipinski definition) is 7. The molecule has 0 unspecified atom stereocenters. The predicted octanol–water partition coefficient (Wildman–Crippen LogP) is 2.77. The van der Waals surface area contributed by atoms with Gasteiger partial charge in [-0.1, -0.05) is 31.4 Å². The smallest absolute Gasteiger partial charge is 0.253 e. The monoisotopic (exact) mass is 441 g/mol. The summed E-state index contributed by atoms with van der Waals surface area (Å²) in [6, 6.07) is 2.67. The minimum absolute atomic E-state index is 0.0144. The third-order valence-corrected chi connectivity index (χ3v) is 7.94. The molecule has 0 saturated heterocycles. The number of phenols is 1. The second-order valence-electron chi connectivity index (χ2n) is 7.56. The summed E-state index contributed by atoms with van der Waals surface area (Å²) in [5.74, 6) is -0.615. The predicted molar refractivity (Wildman–Crippen MR) is 114 cm³/mol. The zero-order valence-electron chi connectivity index (χ0n) is 16.5. The fourth-order valence-corrected chi connectivity index (χ4v) is 5.20. The van der Waals surface area contributed by atoms with E-state index < -0.39 is 31.5 Å². The first-order valence-corrected chi connectivity index (χ1v) is 11.2. The summed E-state index contributed by atoms with van der Waals surface area (Å²) in [6.07, 6.45) is 4.70. The number of nitrogens with one attached hydrogen (secondary N) is 2. The van der Waals surface area contributed by atoms with Crippen molar-refractivity contribution < 1.29 is 13.5 Å². The van der Waals surface area contributed by atoms with Crippen LogP contribution in [0.1, 0.15) is 39.0 Å². The van der Waals surface area contributed by atoms with Crippen molar-refractivity contribution >= 4 is 38.7 Å². The van der Waals surface area contributed by atoms with E-state index in [0.29, 0.717) is 0 Å². The van der Waals surface area contributed by atoms with E-state index in [9.17, 15) is 23.1 Å². The fraction of sp³-hybridized carbons (Fsp3) is 0.474. The van der Waals surface area contributed by atoms with Crippen LogP contribution in [0, 0.1) is 0 Å². The van der Waals surface area contributed by atoms with Gasteiger partial charge in [-0.2, -0.15) is 0 Å². The van der Waals surface area contributed by atoms with Gasteiger partial charge in [0.05, 0.1) is 10.7 Å². The second-order valence-corrected chi connectivity index (χ2v) is 10.1. The number of anilines is 3. The third-order valence-electron chi connectivity index (χ3n) is 5.62. The first-order valence-electron chi connectivity index (χ1n) is 9.36. The lowest BCUT2D eigenvalue weighted by molar-refractivity contribution is 0.454. The van der Waals surface area contributed by atoms with Crippen LogP contribution < -0.4 is 21.5 Å². The first-order chi connectivity index (χ1) is 13.5. The largest absolute Gasteiger partial charge is 0.504 e. The van der Waals surface area contributed by atoms with Crippen LogP contribution in [0.15, 0.2) is 26.6 Å². The Hall–Kier alpha value is -2.10. The Morgan fingerprint density at radius 3 is 2.28 bits per heavy atom. The Morgan fingerprint density at radius 2 is 1.72 bits per heavy atom. The minimum Gasteiger partial charge on any atom is -0.504 e. The Labute approximate surface area is 174 Å². The Bertz CT molecular complexity index is 1110. The van der Waals surface area contributed by atoms with E-state index >= 15 is 0 Å². The van der Waals surface area contributed by atoms with Crippen molar-refractivity contribution in [2.24, 2.45) is 0 Å². The number of nitrogens with zero attached hydrogens (tertiary/aromatic N) is 1.